The maximum atomic E-state index is 12.9. The number of benzene rings is 2. The van der Waals surface area contributed by atoms with Crippen molar-refractivity contribution in [2.45, 2.75) is 19.3 Å². The lowest BCUT2D eigenvalue weighted by Crippen LogP contribution is -2.46. The molecule has 0 saturated carbocycles. The topological polar surface area (TPSA) is 66.4 Å². The van der Waals surface area contributed by atoms with Gasteiger partial charge >= 0.3 is 0 Å². The van der Waals surface area contributed by atoms with Gasteiger partial charge in [-0.25, -0.2) is 0 Å². The first-order valence-corrected chi connectivity index (χ1v) is 7.59. The van der Waals surface area contributed by atoms with Gasteiger partial charge in [-0.05, 0) is 49.2 Å². The number of carbonyl (C=O) groups excluding carboxylic acids is 2. The van der Waals surface area contributed by atoms with Gasteiger partial charge < -0.3 is 5.11 Å². The third-order valence-corrected chi connectivity index (χ3v) is 4.90. The largest absolute Gasteiger partial charge is 0.508 e. The average molecular weight is 330 g/mol. The smallest absolute Gasteiger partial charge is 0.242 e. The van der Waals surface area contributed by atoms with E-state index in [9.17, 15) is 14.7 Å². The molecule has 0 spiro atoms. The van der Waals surface area contributed by atoms with E-state index >= 15 is 0 Å². The fourth-order valence-corrected chi connectivity index (χ4v) is 3.50. The van der Waals surface area contributed by atoms with Gasteiger partial charge in [0.2, 0.25) is 11.8 Å². The maximum Gasteiger partial charge on any atom is 0.242 e. The molecule has 4 nitrogen and oxygen atoms in total. The number of aromatic hydroxyl groups is 1. The molecule has 2 aromatic carbocycles. The molecule has 1 fully saturated rings. The van der Waals surface area contributed by atoms with E-state index in [1.165, 1.54) is 12.1 Å². The number of hydrogen-bond acceptors (Lipinski definition) is 3. The average Bonchev–Trinajstić information content (AvgIpc) is 2.68. The highest BCUT2D eigenvalue weighted by Gasteiger charge is 2.62. The normalized spacial score (nSPS) is 22.9. The molecule has 118 valence electrons. The number of imide groups is 1. The van der Waals surface area contributed by atoms with E-state index in [0.29, 0.717) is 16.1 Å². The Morgan fingerprint density at radius 2 is 1.35 bits per heavy atom. The third-order valence-electron chi connectivity index (χ3n) is 4.65. The SMILES string of the molecule is CC1(C)C(=O)NC(=O)[C@]1(c1ccc(O)cc1)c1ccc(Cl)cc1. The lowest BCUT2D eigenvalue weighted by molar-refractivity contribution is -0.127. The molecule has 2 amide bonds. The molecule has 0 unspecified atom stereocenters. The first-order valence-electron chi connectivity index (χ1n) is 7.21. The first kappa shape index (κ1) is 15.6. The molecule has 1 aliphatic heterocycles. The molecule has 1 heterocycles. The van der Waals surface area contributed by atoms with Crippen molar-refractivity contribution in [1.29, 1.82) is 0 Å². The van der Waals surface area contributed by atoms with E-state index in [1.54, 1.807) is 50.2 Å². The van der Waals surface area contributed by atoms with E-state index in [2.05, 4.69) is 5.32 Å². The van der Waals surface area contributed by atoms with E-state index in [1.807, 2.05) is 0 Å². The Hall–Kier alpha value is -2.33. The van der Waals surface area contributed by atoms with Gasteiger partial charge in [-0.2, -0.15) is 0 Å². The van der Waals surface area contributed by atoms with Crippen LogP contribution in [0.4, 0.5) is 0 Å². The molecular weight excluding hydrogens is 314 g/mol. The lowest BCUT2D eigenvalue weighted by atomic mass is 9.59. The number of rotatable bonds is 2. The summed E-state index contributed by atoms with van der Waals surface area (Å²) in [4.78, 5) is 25.3. The summed E-state index contributed by atoms with van der Waals surface area (Å²) in [7, 11) is 0. The fourth-order valence-electron chi connectivity index (χ4n) is 3.37. The summed E-state index contributed by atoms with van der Waals surface area (Å²) in [5, 5.41) is 12.6. The van der Waals surface area contributed by atoms with Crippen LogP contribution in [0.1, 0.15) is 25.0 Å². The molecule has 5 heteroatoms. The minimum atomic E-state index is -1.18. The molecular formula is C18H16ClNO3. The number of halogens is 1. The molecule has 1 atom stereocenters. The third kappa shape index (κ3) is 2.05. The van der Waals surface area contributed by atoms with Crippen molar-refractivity contribution >= 4 is 23.4 Å². The molecule has 2 aromatic rings. The van der Waals surface area contributed by atoms with Crippen molar-refractivity contribution in [2.24, 2.45) is 5.41 Å². The molecule has 1 aliphatic rings. The molecule has 0 aliphatic carbocycles. The van der Waals surface area contributed by atoms with Crippen LogP contribution in [0.25, 0.3) is 0 Å². The molecule has 1 saturated heterocycles. The van der Waals surface area contributed by atoms with Crippen molar-refractivity contribution in [1.82, 2.24) is 5.32 Å². The second-order valence-electron chi connectivity index (χ2n) is 6.21. The van der Waals surface area contributed by atoms with Gasteiger partial charge in [-0.15, -0.1) is 0 Å². The Morgan fingerprint density at radius 3 is 1.78 bits per heavy atom. The summed E-state index contributed by atoms with van der Waals surface area (Å²) in [6.07, 6.45) is 0. The number of phenolic OH excluding ortho intramolecular Hbond substituents is 1. The second-order valence-corrected chi connectivity index (χ2v) is 6.65. The van der Waals surface area contributed by atoms with Gasteiger partial charge in [0, 0.05) is 5.02 Å². The van der Waals surface area contributed by atoms with Crippen LogP contribution in [0.2, 0.25) is 5.02 Å². The fraction of sp³-hybridized carbons (Fsp3) is 0.222. The number of carbonyl (C=O) groups is 2. The monoisotopic (exact) mass is 329 g/mol. The minimum absolute atomic E-state index is 0.0996. The van der Waals surface area contributed by atoms with Crippen LogP contribution in [-0.4, -0.2) is 16.9 Å². The van der Waals surface area contributed by atoms with Crippen LogP contribution < -0.4 is 5.32 Å². The summed E-state index contributed by atoms with van der Waals surface area (Å²) >= 11 is 5.97. The molecule has 3 rings (SSSR count). The van der Waals surface area contributed by atoms with Crippen molar-refractivity contribution in [2.75, 3.05) is 0 Å². The Kier molecular flexibility index (Phi) is 3.45. The Labute approximate surface area is 139 Å². The Bertz CT molecular complexity index is 733. The minimum Gasteiger partial charge on any atom is -0.508 e. The molecule has 2 N–H and O–H groups in total. The Morgan fingerprint density at radius 1 is 0.870 bits per heavy atom. The number of nitrogens with one attached hydrogen (secondary N) is 1. The number of amides is 2. The van der Waals surface area contributed by atoms with Gasteiger partial charge in [0.15, 0.2) is 0 Å². The van der Waals surface area contributed by atoms with Gasteiger partial charge in [0.1, 0.15) is 11.2 Å². The van der Waals surface area contributed by atoms with E-state index in [0.717, 1.165) is 0 Å². The zero-order valence-corrected chi connectivity index (χ0v) is 13.5. The van der Waals surface area contributed by atoms with Gasteiger partial charge in [-0.1, -0.05) is 35.9 Å². The van der Waals surface area contributed by atoms with Crippen LogP contribution in [-0.2, 0) is 15.0 Å². The van der Waals surface area contributed by atoms with E-state index in [4.69, 9.17) is 11.6 Å². The summed E-state index contributed by atoms with van der Waals surface area (Å²) in [6.45, 7) is 3.49. The molecule has 0 aromatic heterocycles. The van der Waals surface area contributed by atoms with Crippen LogP contribution in [0, 0.1) is 5.41 Å². The maximum absolute atomic E-state index is 12.9. The van der Waals surface area contributed by atoms with Crippen LogP contribution in [0.5, 0.6) is 5.75 Å². The predicted octanol–water partition coefficient (Wildman–Crippen LogP) is 3.01. The second kappa shape index (κ2) is 5.10. The zero-order valence-electron chi connectivity index (χ0n) is 12.8. The summed E-state index contributed by atoms with van der Waals surface area (Å²) in [5.41, 5.74) is -0.844. The first-order chi connectivity index (χ1) is 10.8. The molecule has 0 bridgehead atoms. The Balaban J connectivity index is 2.34. The number of hydrogen-bond donors (Lipinski definition) is 2. The van der Waals surface area contributed by atoms with Crippen molar-refractivity contribution in [3.8, 4) is 5.75 Å². The van der Waals surface area contributed by atoms with Crippen LogP contribution in [0.3, 0.4) is 0 Å². The standard InChI is InChI=1S/C18H16ClNO3/c1-17(2)15(22)20-16(23)18(17,11-3-7-13(19)8-4-11)12-5-9-14(21)10-6-12/h3-10,21H,1-2H3,(H,20,22,23)/t18-/m1/s1. The van der Waals surface area contributed by atoms with Crippen LogP contribution in [0.15, 0.2) is 48.5 Å². The predicted molar refractivity (Wildman–Crippen MR) is 87.3 cm³/mol. The lowest BCUT2D eigenvalue weighted by Gasteiger charge is -2.38. The zero-order chi connectivity index (χ0) is 16.8. The van der Waals surface area contributed by atoms with Crippen molar-refractivity contribution in [3.05, 3.63) is 64.7 Å². The van der Waals surface area contributed by atoms with E-state index in [-0.39, 0.29) is 17.6 Å². The molecule has 23 heavy (non-hydrogen) atoms. The summed E-state index contributed by atoms with van der Waals surface area (Å²) in [5.74, 6) is -0.603. The van der Waals surface area contributed by atoms with Crippen molar-refractivity contribution in [3.63, 3.8) is 0 Å². The van der Waals surface area contributed by atoms with E-state index < -0.39 is 10.8 Å². The highest BCUT2D eigenvalue weighted by molar-refractivity contribution is 6.30. The van der Waals surface area contributed by atoms with Gasteiger partial charge in [0.05, 0.1) is 5.41 Å². The van der Waals surface area contributed by atoms with Gasteiger partial charge in [0.25, 0.3) is 0 Å². The summed E-state index contributed by atoms with van der Waals surface area (Å²) in [6, 6.07) is 13.3. The summed E-state index contributed by atoms with van der Waals surface area (Å²) < 4.78 is 0. The van der Waals surface area contributed by atoms with Gasteiger partial charge in [-0.3, -0.25) is 14.9 Å². The molecule has 0 radical (unpaired) electrons. The number of phenols is 1. The van der Waals surface area contributed by atoms with Crippen LogP contribution >= 0.6 is 11.6 Å². The highest BCUT2D eigenvalue weighted by atomic mass is 35.5. The highest BCUT2D eigenvalue weighted by Crippen LogP contribution is 2.51. The quantitative estimate of drug-likeness (QED) is 0.832. The van der Waals surface area contributed by atoms with Crippen molar-refractivity contribution < 1.29 is 14.7 Å².